The monoisotopic (exact) mass is 262 g/mol. The molecule has 4 heteroatoms. The molecule has 0 bridgehead atoms. The highest BCUT2D eigenvalue weighted by molar-refractivity contribution is 5.95. The fourth-order valence-corrected chi connectivity index (χ4v) is 2.20. The van der Waals surface area contributed by atoms with E-state index >= 15 is 0 Å². The van der Waals surface area contributed by atoms with E-state index in [1.165, 1.54) is 0 Å². The number of carbonyl (C=O) groups is 1. The fraction of sp³-hybridized carbons (Fsp3) is 0.533. The lowest BCUT2D eigenvalue weighted by atomic mass is 10.1. The number of nitrogens with one attached hydrogen (secondary N) is 1. The minimum absolute atomic E-state index is 0.0345. The predicted octanol–water partition coefficient (Wildman–Crippen LogP) is 2.15. The second-order valence-corrected chi connectivity index (χ2v) is 5.34. The third-order valence-corrected chi connectivity index (χ3v) is 3.50. The van der Waals surface area contributed by atoms with Gasteiger partial charge in [0.05, 0.1) is 6.61 Å². The van der Waals surface area contributed by atoms with Crippen LogP contribution in [0.2, 0.25) is 0 Å². The third-order valence-electron chi connectivity index (χ3n) is 3.50. The molecule has 1 N–H and O–H groups in total. The lowest BCUT2D eigenvalue weighted by Crippen LogP contribution is -2.22. The number of ether oxygens (including phenoxy) is 1. The number of rotatable bonds is 4. The van der Waals surface area contributed by atoms with Gasteiger partial charge >= 0.3 is 0 Å². The lowest BCUT2D eigenvalue weighted by Gasteiger charge is -2.15. The summed E-state index contributed by atoms with van der Waals surface area (Å²) in [5.41, 5.74) is 2.93. The lowest BCUT2D eigenvalue weighted by molar-refractivity contribution is 0.0827. The zero-order valence-electron chi connectivity index (χ0n) is 11.9. The third kappa shape index (κ3) is 3.47. The highest BCUT2D eigenvalue weighted by Gasteiger charge is 2.16. The highest BCUT2D eigenvalue weighted by atomic mass is 16.5. The zero-order chi connectivity index (χ0) is 13.8. The van der Waals surface area contributed by atoms with Crippen LogP contribution < -0.4 is 5.32 Å². The average molecular weight is 262 g/mol. The molecule has 1 saturated heterocycles. The standard InChI is InChI=1S/C15H22N2O2/c1-11-4-5-13(15(18)17(2)3)8-14(11)16-9-12-6-7-19-10-12/h4-5,8,12,16H,6-7,9-10H2,1-3H3. The SMILES string of the molecule is Cc1ccc(C(=O)N(C)C)cc1NCC1CCOC1. The first-order valence-corrected chi connectivity index (χ1v) is 6.72. The molecule has 1 heterocycles. The van der Waals surface area contributed by atoms with Crippen molar-refractivity contribution in [2.75, 3.05) is 39.2 Å². The average Bonchev–Trinajstić information content (AvgIpc) is 2.90. The Morgan fingerprint density at radius 1 is 1.47 bits per heavy atom. The maximum absolute atomic E-state index is 11.9. The van der Waals surface area contributed by atoms with Crippen molar-refractivity contribution in [1.82, 2.24) is 4.90 Å². The van der Waals surface area contributed by atoms with Gasteiger partial charge in [0, 0.05) is 44.4 Å². The first kappa shape index (κ1) is 13.9. The van der Waals surface area contributed by atoms with E-state index in [9.17, 15) is 4.79 Å². The molecule has 0 spiro atoms. The van der Waals surface area contributed by atoms with Crippen molar-refractivity contribution < 1.29 is 9.53 Å². The Morgan fingerprint density at radius 3 is 2.89 bits per heavy atom. The van der Waals surface area contributed by atoms with Crippen molar-refractivity contribution in [1.29, 1.82) is 0 Å². The van der Waals surface area contributed by atoms with E-state index in [1.54, 1.807) is 19.0 Å². The number of hydrogen-bond donors (Lipinski definition) is 1. The largest absolute Gasteiger partial charge is 0.384 e. The normalized spacial score (nSPS) is 18.4. The second kappa shape index (κ2) is 6.06. The molecule has 0 aliphatic carbocycles. The first-order chi connectivity index (χ1) is 9.08. The van der Waals surface area contributed by atoms with Crippen LogP contribution in [0.5, 0.6) is 0 Å². The number of amides is 1. The van der Waals surface area contributed by atoms with E-state index < -0.39 is 0 Å². The Morgan fingerprint density at radius 2 is 2.26 bits per heavy atom. The molecule has 1 aromatic rings. The molecule has 0 saturated carbocycles. The molecule has 1 aliphatic rings. The number of carbonyl (C=O) groups excluding carboxylic acids is 1. The Bertz CT molecular complexity index is 451. The van der Waals surface area contributed by atoms with Crippen LogP contribution >= 0.6 is 0 Å². The topological polar surface area (TPSA) is 41.6 Å². The van der Waals surface area contributed by atoms with Gasteiger partial charge in [0.1, 0.15) is 0 Å². The predicted molar refractivity (Wildman–Crippen MR) is 76.6 cm³/mol. The first-order valence-electron chi connectivity index (χ1n) is 6.72. The molecular weight excluding hydrogens is 240 g/mol. The van der Waals surface area contributed by atoms with E-state index in [4.69, 9.17) is 4.74 Å². The number of nitrogens with zero attached hydrogens (tertiary/aromatic N) is 1. The summed E-state index contributed by atoms with van der Waals surface area (Å²) in [5.74, 6) is 0.611. The van der Waals surface area contributed by atoms with Crippen molar-refractivity contribution >= 4 is 11.6 Å². The quantitative estimate of drug-likeness (QED) is 0.904. The van der Waals surface area contributed by atoms with E-state index in [1.807, 2.05) is 18.2 Å². The Balaban J connectivity index is 2.06. The Labute approximate surface area is 114 Å². The molecule has 0 radical (unpaired) electrons. The van der Waals surface area contributed by atoms with Crippen molar-refractivity contribution in [3.8, 4) is 0 Å². The van der Waals surface area contributed by atoms with Gasteiger partial charge in [0.25, 0.3) is 5.91 Å². The Hall–Kier alpha value is -1.55. The summed E-state index contributed by atoms with van der Waals surface area (Å²) in [6.45, 7) is 4.66. The second-order valence-electron chi connectivity index (χ2n) is 5.34. The molecule has 1 unspecified atom stereocenters. The molecule has 19 heavy (non-hydrogen) atoms. The van der Waals surface area contributed by atoms with Gasteiger partial charge in [-0.3, -0.25) is 4.79 Å². The molecule has 104 valence electrons. The zero-order valence-corrected chi connectivity index (χ0v) is 11.9. The van der Waals surface area contributed by atoms with Gasteiger partial charge in [-0.15, -0.1) is 0 Å². The molecule has 1 amide bonds. The van der Waals surface area contributed by atoms with Gasteiger partial charge in [-0.05, 0) is 31.0 Å². The van der Waals surface area contributed by atoms with Crippen LogP contribution in [-0.4, -0.2) is 44.7 Å². The minimum Gasteiger partial charge on any atom is -0.384 e. The van der Waals surface area contributed by atoms with Gasteiger partial charge in [0.2, 0.25) is 0 Å². The summed E-state index contributed by atoms with van der Waals surface area (Å²) in [6, 6.07) is 5.80. The Kier molecular flexibility index (Phi) is 4.43. The molecule has 1 atom stereocenters. The number of hydrogen-bond acceptors (Lipinski definition) is 3. The van der Waals surface area contributed by atoms with E-state index in [2.05, 4.69) is 12.2 Å². The minimum atomic E-state index is 0.0345. The molecular formula is C15H22N2O2. The summed E-state index contributed by atoms with van der Waals surface area (Å²) in [7, 11) is 3.54. The van der Waals surface area contributed by atoms with Gasteiger partial charge in [-0.2, -0.15) is 0 Å². The molecule has 1 aromatic carbocycles. The summed E-state index contributed by atoms with van der Waals surface area (Å²) < 4.78 is 5.37. The molecule has 1 fully saturated rings. The van der Waals surface area contributed by atoms with Gasteiger partial charge < -0.3 is 15.0 Å². The van der Waals surface area contributed by atoms with E-state index in [0.29, 0.717) is 5.92 Å². The number of aryl methyl sites for hydroxylation is 1. The van der Waals surface area contributed by atoms with E-state index in [0.717, 1.165) is 43.0 Å². The van der Waals surface area contributed by atoms with Crippen LogP contribution in [0, 0.1) is 12.8 Å². The summed E-state index contributed by atoms with van der Waals surface area (Å²) in [5, 5.41) is 3.44. The summed E-state index contributed by atoms with van der Waals surface area (Å²) in [4.78, 5) is 13.5. The highest BCUT2D eigenvalue weighted by Crippen LogP contribution is 2.20. The van der Waals surface area contributed by atoms with Crippen LogP contribution in [0.15, 0.2) is 18.2 Å². The van der Waals surface area contributed by atoms with Crippen LogP contribution in [0.3, 0.4) is 0 Å². The van der Waals surface area contributed by atoms with Crippen molar-refractivity contribution in [3.63, 3.8) is 0 Å². The van der Waals surface area contributed by atoms with Crippen molar-refractivity contribution in [2.24, 2.45) is 5.92 Å². The van der Waals surface area contributed by atoms with Crippen LogP contribution in [-0.2, 0) is 4.74 Å². The number of anilines is 1. The fourth-order valence-electron chi connectivity index (χ4n) is 2.20. The molecule has 2 rings (SSSR count). The van der Waals surface area contributed by atoms with Crippen LogP contribution in [0.4, 0.5) is 5.69 Å². The van der Waals surface area contributed by atoms with Gasteiger partial charge in [-0.25, -0.2) is 0 Å². The van der Waals surface area contributed by atoms with Gasteiger partial charge in [0.15, 0.2) is 0 Å². The molecule has 1 aliphatic heterocycles. The molecule has 0 aromatic heterocycles. The maximum atomic E-state index is 11.9. The van der Waals surface area contributed by atoms with Crippen molar-refractivity contribution in [2.45, 2.75) is 13.3 Å². The molecule has 4 nitrogen and oxygen atoms in total. The number of benzene rings is 1. The van der Waals surface area contributed by atoms with E-state index in [-0.39, 0.29) is 5.91 Å². The maximum Gasteiger partial charge on any atom is 0.253 e. The smallest absolute Gasteiger partial charge is 0.253 e. The summed E-state index contributed by atoms with van der Waals surface area (Å²) >= 11 is 0. The van der Waals surface area contributed by atoms with Crippen molar-refractivity contribution in [3.05, 3.63) is 29.3 Å². The van der Waals surface area contributed by atoms with Gasteiger partial charge in [-0.1, -0.05) is 6.07 Å². The summed E-state index contributed by atoms with van der Waals surface area (Å²) in [6.07, 6.45) is 1.11. The van der Waals surface area contributed by atoms with Crippen LogP contribution in [0.1, 0.15) is 22.3 Å². The van der Waals surface area contributed by atoms with Crippen LogP contribution in [0.25, 0.3) is 0 Å².